The zero-order valence-electron chi connectivity index (χ0n) is 11.7. The molecule has 0 aromatic heterocycles. The van der Waals surface area contributed by atoms with Crippen LogP contribution < -0.4 is 9.47 Å². The van der Waals surface area contributed by atoms with Crippen molar-refractivity contribution < 1.29 is 14.3 Å². The fourth-order valence-corrected chi connectivity index (χ4v) is 2.56. The molecule has 0 aliphatic rings. The van der Waals surface area contributed by atoms with Crippen molar-refractivity contribution in [2.45, 2.75) is 4.90 Å². The molecule has 0 saturated heterocycles. The Balaban J connectivity index is 2.52. The Bertz CT molecular complexity index is 623. The lowest BCUT2D eigenvalue weighted by Crippen LogP contribution is -2.05. The van der Waals surface area contributed by atoms with Gasteiger partial charge in [0.1, 0.15) is 11.5 Å². The largest absolute Gasteiger partial charge is 0.497 e. The van der Waals surface area contributed by atoms with Crippen molar-refractivity contribution in [3.05, 3.63) is 53.6 Å². The molecule has 3 nitrogen and oxygen atoms in total. The molecule has 0 aliphatic carbocycles. The molecule has 20 heavy (non-hydrogen) atoms. The first-order valence-corrected chi connectivity index (χ1v) is 7.33. The third-order valence-electron chi connectivity index (χ3n) is 3.00. The molecule has 0 N–H and O–H groups in total. The predicted molar refractivity (Wildman–Crippen MR) is 81.2 cm³/mol. The van der Waals surface area contributed by atoms with Crippen molar-refractivity contribution in [3.63, 3.8) is 0 Å². The third kappa shape index (κ3) is 2.80. The number of carbonyl (C=O) groups excluding carboxylic acids is 1. The SMILES string of the molecule is COc1ccc(OC)c(C(=O)c2ccccc2SC)c1. The van der Waals surface area contributed by atoms with Crippen LogP contribution in [0.5, 0.6) is 11.5 Å². The number of thioether (sulfide) groups is 1. The summed E-state index contributed by atoms with van der Waals surface area (Å²) >= 11 is 1.55. The monoisotopic (exact) mass is 288 g/mol. The molecule has 0 atom stereocenters. The molecule has 104 valence electrons. The molecule has 2 aromatic rings. The van der Waals surface area contributed by atoms with Crippen molar-refractivity contribution in [1.82, 2.24) is 0 Å². The van der Waals surface area contributed by atoms with E-state index < -0.39 is 0 Å². The summed E-state index contributed by atoms with van der Waals surface area (Å²) in [6.07, 6.45) is 1.95. The molecular formula is C16H16O3S. The number of benzene rings is 2. The van der Waals surface area contributed by atoms with Gasteiger partial charge in [-0.25, -0.2) is 0 Å². The van der Waals surface area contributed by atoms with Crippen molar-refractivity contribution in [2.75, 3.05) is 20.5 Å². The molecule has 0 radical (unpaired) electrons. The number of carbonyl (C=O) groups is 1. The number of ketones is 1. The number of hydrogen-bond donors (Lipinski definition) is 0. The Morgan fingerprint density at radius 2 is 1.75 bits per heavy atom. The maximum Gasteiger partial charge on any atom is 0.198 e. The quantitative estimate of drug-likeness (QED) is 0.621. The number of hydrogen-bond acceptors (Lipinski definition) is 4. The highest BCUT2D eigenvalue weighted by Gasteiger charge is 2.18. The van der Waals surface area contributed by atoms with Crippen LogP contribution in [0.1, 0.15) is 15.9 Å². The van der Waals surface area contributed by atoms with Gasteiger partial charge >= 0.3 is 0 Å². The second-order valence-electron chi connectivity index (χ2n) is 4.10. The molecule has 2 aromatic carbocycles. The summed E-state index contributed by atoms with van der Waals surface area (Å²) in [6, 6.07) is 12.8. The summed E-state index contributed by atoms with van der Waals surface area (Å²) in [5.74, 6) is 1.12. The minimum atomic E-state index is -0.0642. The van der Waals surface area contributed by atoms with Gasteiger partial charge in [0.05, 0.1) is 19.8 Å². The van der Waals surface area contributed by atoms with Crippen LogP contribution in [0.3, 0.4) is 0 Å². The van der Waals surface area contributed by atoms with Gasteiger partial charge in [-0.15, -0.1) is 11.8 Å². The van der Waals surface area contributed by atoms with Gasteiger partial charge < -0.3 is 9.47 Å². The Hall–Kier alpha value is -1.94. The minimum absolute atomic E-state index is 0.0642. The van der Waals surface area contributed by atoms with Crippen LogP contribution >= 0.6 is 11.8 Å². The van der Waals surface area contributed by atoms with E-state index in [0.717, 1.165) is 4.90 Å². The van der Waals surface area contributed by atoms with Crippen molar-refractivity contribution in [1.29, 1.82) is 0 Å². The maximum absolute atomic E-state index is 12.7. The van der Waals surface area contributed by atoms with E-state index in [-0.39, 0.29) is 5.78 Å². The molecule has 0 heterocycles. The van der Waals surface area contributed by atoms with Crippen LogP contribution in [0.25, 0.3) is 0 Å². The van der Waals surface area contributed by atoms with Crippen LogP contribution in [0.15, 0.2) is 47.4 Å². The Labute approximate surface area is 122 Å². The molecule has 4 heteroatoms. The Morgan fingerprint density at radius 3 is 2.40 bits per heavy atom. The molecule has 0 bridgehead atoms. The van der Waals surface area contributed by atoms with Gasteiger partial charge in [0.2, 0.25) is 0 Å². The fourth-order valence-electron chi connectivity index (χ4n) is 1.97. The first kappa shape index (κ1) is 14.5. The maximum atomic E-state index is 12.7. The van der Waals surface area contributed by atoms with Gasteiger partial charge in [0.25, 0.3) is 0 Å². The normalized spacial score (nSPS) is 10.2. The van der Waals surface area contributed by atoms with Gasteiger partial charge in [-0.3, -0.25) is 4.79 Å². The summed E-state index contributed by atoms with van der Waals surface area (Å²) in [6.45, 7) is 0. The van der Waals surface area contributed by atoms with Crippen molar-refractivity contribution in [2.24, 2.45) is 0 Å². The zero-order chi connectivity index (χ0) is 14.5. The van der Waals surface area contributed by atoms with Crippen LogP contribution in [0.4, 0.5) is 0 Å². The topological polar surface area (TPSA) is 35.5 Å². The van der Waals surface area contributed by atoms with Gasteiger partial charge in [-0.2, -0.15) is 0 Å². The highest BCUT2D eigenvalue weighted by molar-refractivity contribution is 7.98. The predicted octanol–water partition coefficient (Wildman–Crippen LogP) is 3.66. The average molecular weight is 288 g/mol. The summed E-state index contributed by atoms with van der Waals surface area (Å²) < 4.78 is 10.5. The van der Waals surface area contributed by atoms with E-state index in [0.29, 0.717) is 22.6 Å². The molecule has 2 rings (SSSR count). The molecule has 0 unspecified atom stereocenters. The minimum Gasteiger partial charge on any atom is -0.497 e. The molecular weight excluding hydrogens is 272 g/mol. The first-order chi connectivity index (χ1) is 9.71. The number of rotatable bonds is 5. The van der Waals surface area contributed by atoms with E-state index in [9.17, 15) is 4.79 Å². The zero-order valence-corrected chi connectivity index (χ0v) is 12.5. The molecule has 0 spiro atoms. The summed E-state index contributed by atoms with van der Waals surface area (Å²) in [5, 5.41) is 0. The van der Waals surface area contributed by atoms with Gasteiger partial charge in [-0.05, 0) is 36.6 Å². The lowest BCUT2D eigenvalue weighted by molar-refractivity contribution is 0.103. The molecule has 0 saturated carbocycles. The standard InChI is InChI=1S/C16H16O3S/c1-18-11-8-9-14(19-2)13(10-11)16(17)12-6-4-5-7-15(12)20-3/h4-10H,1-3H3. The van der Waals surface area contributed by atoms with Gasteiger partial charge in [0, 0.05) is 10.5 Å². The second-order valence-corrected chi connectivity index (χ2v) is 4.94. The highest BCUT2D eigenvalue weighted by Crippen LogP contribution is 2.29. The molecule has 0 fully saturated rings. The van der Waals surface area contributed by atoms with Crippen LogP contribution in [0, 0.1) is 0 Å². The van der Waals surface area contributed by atoms with E-state index in [1.54, 1.807) is 44.2 Å². The van der Waals surface area contributed by atoms with Gasteiger partial charge in [-0.1, -0.05) is 12.1 Å². The second kappa shape index (κ2) is 6.48. The number of ether oxygens (including phenoxy) is 2. The highest BCUT2D eigenvalue weighted by atomic mass is 32.2. The summed E-state index contributed by atoms with van der Waals surface area (Å²) in [5.41, 5.74) is 1.18. The fraction of sp³-hybridized carbons (Fsp3) is 0.188. The molecule has 0 aliphatic heterocycles. The van der Waals surface area contributed by atoms with E-state index >= 15 is 0 Å². The van der Waals surface area contributed by atoms with Crippen LogP contribution in [0.2, 0.25) is 0 Å². The van der Waals surface area contributed by atoms with E-state index in [1.165, 1.54) is 0 Å². The van der Waals surface area contributed by atoms with Gasteiger partial charge in [0.15, 0.2) is 5.78 Å². The molecule has 0 amide bonds. The lowest BCUT2D eigenvalue weighted by Gasteiger charge is -2.11. The smallest absolute Gasteiger partial charge is 0.198 e. The number of methoxy groups -OCH3 is 2. The van der Waals surface area contributed by atoms with Crippen LogP contribution in [-0.4, -0.2) is 26.3 Å². The third-order valence-corrected chi connectivity index (χ3v) is 3.80. The van der Waals surface area contributed by atoms with E-state index in [1.807, 2.05) is 30.5 Å². The first-order valence-electron chi connectivity index (χ1n) is 6.11. The van der Waals surface area contributed by atoms with Crippen molar-refractivity contribution >= 4 is 17.5 Å². The van der Waals surface area contributed by atoms with Crippen LogP contribution in [-0.2, 0) is 0 Å². The van der Waals surface area contributed by atoms with E-state index in [4.69, 9.17) is 9.47 Å². The summed E-state index contributed by atoms with van der Waals surface area (Å²) in [7, 11) is 3.13. The lowest BCUT2D eigenvalue weighted by atomic mass is 10.0. The van der Waals surface area contributed by atoms with E-state index in [2.05, 4.69) is 0 Å². The average Bonchev–Trinajstić information content (AvgIpc) is 2.53. The Kier molecular flexibility index (Phi) is 4.69. The van der Waals surface area contributed by atoms with Crippen molar-refractivity contribution in [3.8, 4) is 11.5 Å². The summed E-state index contributed by atoms with van der Waals surface area (Å²) in [4.78, 5) is 13.7. The Morgan fingerprint density at radius 1 is 1.00 bits per heavy atom.